The highest BCUT2D eigenvalue weighted by atomic mass is 35.5. The maximum absolute atomic E-state index is 13.1. The van der Waals surface area contributed by atoms with Crippen molar-refractivity contribution in [3.05, 3.63) is 75.2 Å². The summed E-state index contributed by atoms with van der Waals surface area (Å²) in [5.74, 6) is 1.46. The molecule has 0 aliphatic rings. The Hall–Kier alpha value is -2.57. The van der Waals surface area contributed by atoms with Crippen LogP contribution in [0.3, 0.4) is 0 Å². The smallest absolute Gasteiger partial charge is 0.254 e. The van der Waals surface area contributed by atoms with E-state index in [1.165, 1.54) is 11.3 Å². The molecule has 1 amide bonds. The fourth-order valence-electron chi connectivity index (χ4n) is 2.89. The molecule has 0 aliphatic carbocycles. The molecule has 1 aromatic heterocycles. The molecule has 0 aliphatic heterocycles. The Balaban J connectivity index is 1.67. The summed E-state index contributed by atoms with van der Waals surface area (Å²) >= 11 is 7.43. The number of hydrogen-bond donors (Lipinski definition) is 0. The molecule has 0 N–H and O–H groups in total. The molecular weight excluding hydrogens is 420 g/mol. The molecule has 0 radical (unpaired) electrons. The molecule has 5 nitrogen and oxygen atoms in total. The van der Waals surface area contributed by atoms with Crippen LogP contribution in [0.5, 0.6) is 11.5 Å². The number of carbonyl (C=O) groups is 1. The molecule has 0 spiro atoms. The van der Waals surface area contributed by atoms with Gasteiger partial charge in [-0.15, -0.1) is 11.3 Å². The maximum Gasteiger partial charge on any atom is 0.254 e. The Labute approximate surface area is 186 Å². The summed E-state index contributed by atoms with van der Waals surface area (Å²) < 4.78 is 11.0. The molecule has 0 bridgehead atoms. The molecule has 0 saturated carbocycles. The zero-order valence-electron chi connectivity index (χ0n) is 17.3. The Morgan fingerprint density at radius 2 is 1.80 bits per heavy atom. The van der Waals surface area contributed by atoms with Gasteiger partial charge in [0, 0.05) is 22.0 Å². The maximum atomic E-state index is 13.1. The van der Waals surface area contributed by atoms with Crippen molar-refractivity contribution in [3.63, 3.8) is 0 Å². The number of halogens is 1. The van der Waals surface area contributed by atoms with Gasteiger partial charge in [-0.05, 0) is 61.9 Å². The van der Waals surface area contributed by atoms with Gasteiger partial charge in [0.2, 0.25) is 0 Å². The number of benzene rings is 2. The standard InChI is InChI=1S/C23H25ClN2O3S/c1-4-16(2)26(23(27)17-5-9-20(28-3)10-6-17)13-19-15-30-22(25-19)14-29-21-11-7-18(24)8-12-21/h5-12,15-16H,4,13-14H2,1-3H3/t16-/m1/s1. The summed E-state index contributed by atoms with van der Waals surface area (Å²) in [7, 11) is 1.61. The van der Waals surface area contributed by atoms with E-state index < -0.39 is 0 Å². The van der Waals surface area contributed by atoms with Crippen molar-refractivity contribution < 1.29 is 14.3 Å². The Bertz CT molecular complexity index is 957. The van der Waals surface area contributed by atoms with Crippen LogP contribution in [0.1, 0.15) is 41.3 Å². The lowest BCUT2D eigenvalue weighted by molar-refractivity contribution is 0.0669. The predicted molar refractivity (Wildman–Crippen MR) is 121 cm³/mol. The van der Waals surface area contributed by atoms with Crippen molar-refractivity contribution in [2.75, 3.05) is 7.11 Å². The average Bonchev–Trinajstić information content (AvgIpc) is 3.23. The van der Waals surface area contributed by atoms with E-state index in [-0.39, 0.29) is 11.9 Å². The summed E-state index contributed by atoms with van der Waals surface area (Å²) in [6.45, 7) is 4.96. The number of carbonyl (C=O) groups excluding carboxylic acids is 1. The van der Waals surface area contributed by atoms with E-state index in [0.717, 1.165) is 28.6 Å². The van der Waals surface area contributed by atoms with Crippen LogP contribution in [0.15, 0.2) is 53.9 Å². The number of amides is 1. The minimum atomic E-state index is -0.0148. The van der Waals surface area contributed by atoms with Gasteiger partial charge in [0.1, 0.15) is 23.1 Å². The first-order valence-electron chi connectivity index (χ1n) is 9.76. The number of nitrogens with zero attached hydrogens (tertiary/aromatic N) is 2. The number of aromatic nitrogens is 1. The van der Waals surface area contributed by atoms with Crippen LogP contribution in [-0.4, -0.2) is 28.9 Å². The minimum absolute atomic E-state index is 0.0148. The number of hydrogen-bond acceptors (Lipinski definition) is 5. The zero-order chi connectivity index (χ0) is 21.5. The van der Waals surface area contributed by atoms with Crippen molar-refractivity contribution in [2.45, 2.75) is 39.5 Å². The third-order valence-corrected chi connectivity index (χ3v) is 5.95. The van der Waals surface area contributed by atoms with Gasteiger partial charge in [0.25, 0.3) is 5.91 Å². The van der Waals surface area contributed by atoms with Crippen LogP contribution < -0.4 is 9.47 Å². The SMILES string of the molecule is CC[C@@H](C)N(Cc1csc(COc2ccc(Cl)cc2)n1)C(=O)c1ccc(OC)cc1. The number of rotatable bonds is 9. The van der Waals surface area contributed by atoms with E-state index in [2.05, 4.69) is 18.8 Å². The van der Waals surface area contributed by atoms with Crippen molar-refractivity contribution in [3.8, 4) is 11.5 Å². The van der Waals surface area contributed by atoms with Crippen LogP contribution in [0.25, 0.3) is 0 Å². The molecule has 30 heavy (non-hydrogen) atoms. The average molecular weight is 445 g/mol. The lowest BCUT2D eigenvalue weighted by Gasteiger charge is -2.28. The largest absolute Gasteiger partial charge is 0.497 e. The highest BCUT2D eigenvalue weighted by Gasteiger charge is 2.22. The summed E-state index contributed by atoms with van der Waals surface area (Å²) in [6, 6.07) is 14.5. The number of ether oxygens (including phenoxy) is 2. The predicted octanol–water partition coefficient (Wildman–Crippen LogP) is 5.83. The van der Waals surface area contributed by atoms with Crippen molar-refractivity contribution in [1.82, 2.24) is 9.88 Å². The van der Waals surface area contributed by atoms with Gasteiger partial charge in [0.05, 0.1) is 19.3 Å². The Morgan fingerprint density at radius 3 is 2.43 bits per heavy atom. The summed E-state index contributed by atoms with van der Waals surface area (Å²) in [4.78, 5) is 19.6. The molecule has 1 heterocycles. The first-order valence-corrected chi connectivity index (χ1v) is 11.0. The van der Waals surface area contributed by atoms with Crippen LogP contribution in [0.4, 0.5) is 0 Å². The highest BCUT2D eigenvalue weighted by molar-refractivity contribution is 7.09. The quantitative estimate of drug-likeness (QED) is 0.417. The third kappa shape index (κ3) is 5.74. The first-order chi connectivity index (χ1) is 14.5. The van der Waals surface area contributed by atoms with Crippen LogP contribution >= 0.6 is 22.9 Å². The van der Waals surface area contributed by atoms with Crippen LogP contribution in [-0.2, 0) is 13.2 Å². The molecule has 158 valence electrons. The normalized spacial score (nSPS) is 11.7. The van der Waals surface area contributed by atoms with E-state index in [4.69, 9.17) is 21.1 Å². The van der Waals surface area contributed by atoms with E-state index in [1.54, 1.807) is 43.5 Å². The molecule has 2 aromatic carbocycles. The van der Waals surface area contributed by atoms with E-state index in [0.29, 0.717) is 23.7 Å². The molecule has 0 unspecified atom stereocenters. The van der Waals surface area contributed by atoms with E-state index in [1.807, 2.05) is 22.4 Å². The Kier molecular flexibility index (Phi) is 7.71. The second-order valence-corrected chi connectivity index (χ2v) is 8.27. The van der Waals surface area contributed by atoms with Crippen LogP contribution in [0.2, 0.25) is 5.02 Å². The molecule has 0 fully saturated rings. The van der Waals surface area contributed by atoms with Gasteiger partial charge < -0.3 is 14.4 Å². The number of methoxy groups -OCH3 is 1. The summed E-state index contributed by atoms with van der Waals surface area (Å²) in [6.07, 6.45) is 0.860. The van der Waals surface area contributed by atoms with Gasteiger partial charge in [-0.3, -0.25) is 4.79 Å². The van der Waals surface area contributed by atoms with Gasteiger partial charge in [-0.2, -0.15) is 0 Å². The molecule has 0 saturated heterocycles. The molecular formula is C23H25ClN2O3S. The molecule has 3 aromatic rings. The van der Waals surface area contributed by atoms with Crippen molar-refractivity contribution in [2.24, 2.45) is 0 Å². The van der Waals surface area contributed by atoms with Gasteiger partial charge in [0.15, 0.2) is 0 Å². The van der Waals surface area contributed by atoms with E-state index >= 15 is 0 Å². The fraction of sp³-hybridized carbons (Fsp3) is 0.304. The highest BCUT2D eigenvalue weighted by Crippen LogP contribution is 2.21. The monoisotopic (exact) mass is 444 g/mol. The summed E-state index contributed by atoms with van der Waals surface area (Å²) in [5, 5.41) is 3.52. The zero-order valence-corrected chi connectivity index (χ0v) is 18.9. The topological polar surface area (TPSA) is 51.7 Å². The fourth-order valence-corrected chi connectivity index (χ4v) is 3.71. The molecule has 3 rings (SSSR count). The molecule has 1 atom stereocenters. The lowest BCUT2D eigenvalue weighted by atomic mass is 10.1. The lowest BCUT2D eigenvalue weighted by Crippen LogP contribution is -2.37. The minimum Gasteiger partial charge on any atom is -0.497 e. The van der Waals surface area contributed by atoms with Crippen LogP contribution in [0, 0.1) is 0 Å². The van der Waals surface area contributed by atoms with E-state index in [9.17, 15) is 4.79 Å². The Morgan fingerprint density at radius 1 is 1.13 bits per heavy atom. The van der Waals surface area contributed by atoms with Crippen molar-refractivity contribution in [1.29, 1.82) is 0 Å². The van der Waals surface area contributed by atoms with Gasteiger partial charge in [-0.25, -0.2) is 4.98 Å². The first kappa shape index (κ1) is 22.1. The molecule has 7 heteroatoms. The number of thiazole rings is 1. The van der Waals surface area contributed by atoms with Crippen molar-refractivity contribution >= 4 is 28.8 Å². The third-order valence-electron chi connectivity index (χ3n) is 4.83. The van der Waals surface area contributed by atoms with Gasteiger partial charge in [-0.1, -0.05) is 18.5 Å². The second-order valence-electron chi connectivity index (χ2n) is 6.89. The summed E-state index contributed by atoms with van der Waals surface area (Å²) in [5.41, 5.74) is 1.49. The second kappa shape index (κ2) is 10.5. The van der Waals surface area contributed by atoms with Gasteiger partial charge >= 0.3 is 0 Å².